The van der Waals surface area contributed by atoms with Crippen molar-refractivity contribution >= 4 is 0 Å². The molecule has 18 heavy (non-hydrogen) atoms. The van der Waals surface area contributed by atoms with Crippen LogP contribution >= 0.6 is 0 Å². The minimum Gasteiger partial charge on any atom is -0.312 e. The third-order valence-corrected chi connectivity index (χ3v) is 4.27. The molecule has 0 bridgehead atoms. The van der Waals surface area contributed by atoms with Crippen LogP contribution < -0.4 is 5.32 Å². The lowest BCUT2D eigenvalue weighted by molar-refractivity contribution is 0.312. The van der Waals surface area contributed by atoms with E-state index in [0.717, 1.165) is 18.5 Å². The summed E-state index contributed by atoms with van der Waals surface area (Å²) >= 11 is 0. The number of hydrogen-bond donors (Lipinski definition) is 1. The highest BCUT2D eigenvalue weighted by molar-refractivity contribution is 5.06. The third kappa shape index (κ3) is 2.45. The van der Waals surface area contributed by atoms with E-state index in [9.17, 15) is 0 Å². The Hall–Kier alpha value is -0.870. The quantitative estimate of drug-likeness (QED) is 0.883. The van der Waals surface area contributed by atoms with Crippen LogP contribution in [0.1, 0.15) is 38.3 Å². The van der Waals surface area contributed by atoms with Gasteiger partial charge in [0.15, 0.2) is 0 Å². The Morgan fingerprint density at radius 2 is 2.33 bits per heavy atom. The van der Waals surface area contributed by atoms with Crippen molar-refractivity contribution < 1.29 is 0 Å². The number of nitrogens with one attached hydrogen (secondary N) is 1. The number of fused-ring (bicyclic) bond motifs is 1. The maximum absolute atomic E-state index is 4.42. The van der Waals surface area contributed by atoms with E-state index in [4.69, 9.17) is 0 Å². The van der Waals surface area contributed by atoms with E-state index < -0.39 is 0 Å². The van der Waals surface area contributed by atoms with Crippen molar-refractivity contribution in [1.82, 2.24) is 20.0 Å². The van der Waals surface area contributed by atoms with Gasteiger partial charge in [-0.2, -0.15) is 5.10 Å². The summed E-state index contributed by atoms with van der Waals surface area (Å²) in [5.74, 6) is 0.874. The third-order valence-electron chi connectivity index (χ3n) is 4.27. The van der Waals surface area contributed by atoms with E-state index in [0.29, 0.717) is 6.04 Å². The van der Waals surface area contributed by atoms with E-state index in [2.05, 4.69) is 40.0 Å². The van der Waals surface area contributed by atoms with Crippen LogP contribution in [0.15, 0.2) is 12.4 Å². The Morgan fingerprint density at radius 1 is 1.44 bits per heavy atom. The summed E-state index contributed by atoms with van der Waals surface area (Å²) in [5.41, 5.74) is 1.35. The van der Waals surface area contributed by atoms with E-state index in [-0.39, 0.29) is 0 Å². The molecule has 4 heteroatoms. The van der Waals surface area contributed by atoms with Crippen LogP contribution in [-0.4, -0.2) is 40.4 Å². The molecule has 100 valence electrons. The van der Waals surface area contributed by atoms with Crippen LogP contribution in [-0.2, 0) is 6.54 Å². The highest BCUT2D eigenvalue weighted by Crippen LogP contribution is 2.26. The zero-order chi connectivity index (χ0) is 12.5. The SMILES string of the molecule is CC(C)n1cc(CN2CC3CCCNC3C2)cn1. The number of nitrogens with zero attached hydrogens (tertiary/aromatic N) is 3. The number of hydrogen-bond acceptors (Lipinski definition) is 3. The molecule has 2 atom stereocenters. The fraction of sp³-hybridized carbons (Fsp3) is 0.786. The molecule has 1 N–H and O–H groups in total. The molecule has 0 aliphatic carbocycles. The Bertz CT molecular complexity index is 384. The molecule has 0 saturated carbocycles. The predicted octanol–water partition coefficient (Wildman–Crippen LogP) is 1.65. The molecule has 2 aliphatic rings. The zero-order valence-corrected chi connectivity index (χ0v) is 11.5. The Balaban J connectivity index is 1.59. The molecule has 2 unspecified atom stereocenters. The maximum atomic E-state index is 4.42. The molecule has 2 fully saturated rings. The number of rotatable bonds is 3. The zero-order valence-electron chi connectivity index (χ0n) is 11.5. The van der Waals surface area contributed by atoms with Crippen LogP contribution in [0.5, 0.6) is 0 Å². The number of likely N-dealkylation sites (tertiary alicyclic amines) is 1. The predicted molar refractivity (Wildman–Crippen MR) is 72.4 cm³/mol. The van der Waals surface area contributed by atoms with Crippen LogP contribution in [0.3, 0.4) is 0 Å². The molecule has 0 radical (unpaired) electrons. The van der Waals surface area contributed by atoms with Crippen molar-refractivity contribution in [3.05, 3.63) is 18.0 Å². The highest BCUT2D eigenvalue weighted by atomic mass is 15.3. The molecule has 2 aliphatic heterocycles. The molecule has 2 saturated heterocycles. The molecule has 0 spiro atoms. The van der Waals surface area contributed by atoms with Crippen molar-refractivity contribution in [1.29, 1.82) is 0 Å². The molecule has 0 aromatic carbocycles. The first-order valence-electron chi connectivity index (χ1n) is 7.21. The van der Waals surface area contributed by atoms with Gasteiger partial charge in [-0.05, 0) is 39.2 Å². The van der Waals surface area contributed by atoms with Crippen molar-refractivity contribution in [3.63, 3.8) is 0 Å². The lowest BCUT2D eigenvalue weighted by Crippen LogP contribution is -2.40. The Labute approximate surface area is 109 Å². The monoisotopic (exact) mass is 248 g/mol. The maximum Gasteiger partial charge on any atom is 0.0534 e. The summed E-state index contributed by atoms with van der Waals surface area (Å²) in [4.78, 5) is 2.58. The van der Waals surface area contributed by atoms with Crippen molar-refractivity contribution in [2.75, 3.05) is 19.6 Å². The van der Waals surface area contributed by atoms with Gasteiger partial charge in [-0.1, -0.05) is 0 Å². The molecular formula is C14H24N4. The average molecular weight is 248 g/mol. The summed E-state index contributed by atoms with van der Waals surface area (Å²) in [5, 5.41) is 8.08. The fourth-order valence-electron chi connectivity index (χ4n) is 3.26. The summed E-state index contributed by atoms with van der Waals surface area (Å²) in [7, 11) is 0. The summed E-state index contributed by atoms with van der Waals surface area (Å²) in [6.07, 6.45) is 6.97. The first kappa shape index (κ1) is 12.2. The van der Waals surface area contributed by atoms with Gasteiger partial charge in [0.1, 0.15) is 0 Å². The van der Waals surface area contributed by atoms with Crippen molar-refractivity contribution in [2.45, 2.75) is 45.3 Å². The van der Waals surface area contributed by atoms with Crippen LogP contribution in [0.25, 0.3) is 0 Å². The van der Waals surface area contributed by atoms with Crippen LogP contribution in [0, 0.1) is 5.92 Å². The molecule has 0 amide bonds. The molecule has 4 nitrogen and oxygen atoms in total. The van der Waals surface area contributed by atoms with Gasteiger partial charge in [0.25, 0.3) is 0 Å². The Kier molecular flexibility index (Phi) is 3.39. The topological polar surface area (TPSA) is 33.1 Å². The second kappa shape index (κ2) is 5.02. The normalized spacial score (nSPS) is 28.8. The van der Waals surface area contributed by atoms with E-state index in [1.54, 1.807) is 0 Å². The lowest BCUT2D eigenvalue weighted by atomic mass is 9.94. The van der Waals surface area contributed by atoms with E-state index in [1.165, 1.54) is 38.0 Å². The van der Waals surface area contributed by atoms with Crippen LogP contribution in [0.2, 0.25) is 0 Å². The van der Waals surface area contributed by atoms with Gasteiger partial charge in [-0.3, -0.25) is 9.58 Å². The summed E-state index contributed by atoms with van der Waals surface area (Å²) in [6.45, 7) is 9.07. The van der Waals surface area contributed by atoms with E-state index in [1.807, 2.05) is 6.20 Å². The van der Waals surface area contributed by atoms with Gasteiger partial charge in [-0.15, -0.1) is 0 Å². The summed E-state index contributed by atoms with van der Waals surface area (Å²) in [6, 6.07) is 1.19. The second-order valence-electron chi connectivity index (χ2n) is 6.08. The standard InChI is InChI=1S/C14H24N4/c1-11(2)18-8-12(6-16-18)7-17-9-13-4-3-5-15-14(13)10-17/h6,8,11,13-15H,3-5,7,9-10H2,1-2H3. The van der Waals surface area contributed by atoms with Crippen molar-refractivity contribution in [2.24, 2.45) is 5.92 Å². The second-order valence-corrected chi connectivity index (χ2v) is 6.08. The highest BCUT2D eigenvalue weighted by Gasteiger charge is 2.33. The average Bonchev–Trinajstić information content (AvgIpc) is 2.94. The minimum atomic E-state index is 0.460. The lowest BCUT2D eigenvalue weighted by Gasteiger charge is -2.24. The Morgan fingerprint density at radius 3 is 3.06 bits per heavy atom. The van der Waals surface area contributed by atoms with Crippen molar-refractivity contribution in [3.8, 4) is 0 Å². The van der Waals surface area contributed by atoms with Gasteiger partial charge in [0.05, 0.1) is 6.20 Å². The van der Waals surface area contributed by atoms with Gasteiger partial charge < -0.3 is 5.32 Å². The molecule has 3 heterocycles. The van der Waals surface area contributed by atoms with E-state index >= 15 is 0 Å². The first-order valence-corrected chi connectivity index (χ1v) is 7.21. The van der Waals surface area contributed by atoms with Crippen LogP contribution in [0.4, 0.5) is 0 Å². The number of aromatic nitrogens is 2. The molecule has 3 rings (SSSR count). The van der Waals surface area contributed by atoms with Gasteiger partial charge >= 0.3 is 0 Å². The smallest absolute Gasteiger partial charge is 0.0534 e. The van der Waals surface area contributed by atoms with Gasteiger partial charge in [-0.25, -0.2) is 0 Å². The molecule has 1 aromatic heterocycles. The summed E-state index contributed by atoms with van der Waals surface area (Å²) < 4.78 is 2.05. The largest absolute Gasteiger partial charge is 0.312 e. The molecule has 1 aromatic rings. The van der Waals surface area contributed by atoms with Gasteiger partial charge in [0, 0.05) is 43.5 Å². The number of piperidine rings is 1. The molecular weight excluding hydrogens is 224 g/mol. The minimum absolute atomic E-state index is 0.460. The van der Waals surface area contributed by atoms with Gasteiger partial charge in [0.2, 0.25) is 0 Å². The first-order chi connectivity index (χ1) is 8.72. The fourth-order valence-corrected chi connectivity index (χ4v) is 3.26.